The Kier molecular flexibility index (Phi) is 4.22. The molecule has 20 heavy (non-hydrogen) atoms. The second kappa shape index (κ2) is 5.46. The monoisotopic (exact) mass is 316 g/mol. The number of rotatable bonds is 3. The van der Waals surface area contributed by atoms with E-state index in [2.05, 4.69) is 13.8 Å². The summed E-state index contributed by atoms with van der Waals surface area (Å²) >= 11 is 1.20. The van der Waals surface area contributed by atoms with Crippen molar-refractivity contribution in [3.05, 3.63) is 15.8 Å². The van der Waals surface area contributed by atoms with E-state index in [1.807, 2.05) is 4.90 Å². The first-order valence-corrected chi connectivity index (χ1v) is 8.99. The summed E-state index contributed by atoms with van der Waals surface area (Å²) in [5.41, 5.74) is 0. The molecule has 5 nitrogen and oxygen atoms in total. The van der Waals surface area contributed by atoms with Gasteiger partial charge < -0.3 is 4.90 Å². The molecule has 1 saturated heterocycles. The summed E-state index contributed by atoms with van der Waals surface area (Å²) in [5.74, 6) is 0.992. The van der Waals surface area contributed by atoms with Gasteiger partial charge in [0.15, 0.2) is 0 Å². The third kappa shape index (κ3) is 3.05. The number of aryl methyl sites for hydroxylation is 1. The maximum absolute atomic E-state index is 12.4. The molecule has 1 unspecified atom stereocenters. The Hall–Kier alpha value is -0.920. The molecule has 0 saturated carbocycles. The highest BCUT2D eigenvalue weighted by molar-refractivity contribution is 7.89. The number of primary sulfonamides is 1. The van der Waals surface area contributed by atoms with Crippen molar-refractivity contribution in [1.82, 2.24) is 4.90 Å². The summed E-state index contributed by atoms with van der Waals surface area (Å²) < 4.78 is 22.8. The molecule has 2 rings (SSSR count). The van der Waals surface area contributed by atoms with Gasteiger partial charge in [-0.15, -0.1) is 11.3 Å². The summed E-state index contributed by atoms with van der Waals surface area (Å²) in [6.07, 6.45) is 1.01. The Morgan fingerprint density at radius 2 is 2.15 bits per heavy atom. The Bertz CT molecular complexity index is 620. The van der Waals surface area contributed by atoms with Gasteiger partial charge in [-0.05, 0) is 31.2 Å². The minimum absolute atomic E-state index is 0.0606. The predicted molar refractivity (Wildman–Crippen MR) is 79.3 cm³/mol. The van der Waals surface area contributed by atoms with Gasteiger partial charge in [0.05, 0.1) is 9.77 Å². The van der Waals surface area contributed by atoms with Crippen LogP contribution in [0.3, 0.4) is 0 Å². The SMILES string of the molecule is Cc1sc(C(=O)N2CCC(C(C)C)C2)cc1S(N)(=O)=O. The van der Waals surface area contributed by atoms with Crippen LogP contribution in [-0.2, 0) is 10.0 Å². The van der Waals surface area contributed by atoms with Crippen LogP contribution in [0.5, 0.6) is 0 Å². The van der Waals surface area contributed by atoms with Crippen molar-refractivity contribution in [3.8, 4) is 0 Å². The van der Waals surface area contributed by atoms with Crippen molar-refractivity contribution in [2.24, 2.45) is 17.0 Å². The molecule has 0 spiro atoms. The van der Waals surface area contributed by atoms with E-state index in [1.165, 1.54) is 17.4 Å². The number of carbonyl (C=O) groups is 1. The number of hydrogen-bond donors (Lipinski definition) is 1. The van der Waals surface area contributed by atoms with Crippen LogP contribution in [0, 0.1) is 18.8 Å². The molecule has 7 heteroatoms. The number of sulfonamides is 1. The second-order valence-electron chi connectivity index (χ2n) is 5.62. The lowest BCUT2D eigenvalue weighted by Crippen LogP contribution is -2.28. The van der Waals surface area contributed by atoms with Crippen molar-refractivity contribution in [2.45, 2.75) is 32.1 Å². The maximum atomic E-state index is 12.4. The first kappa shape index (κ1) is 15.5. The summed E-state index contributed by atoms with van der Waals surface area (Å²) in [4.78, 5) is 15.3. The van der Waals surface area contributed by atoms with Crippen molar-refractivity contribution in [2.75, 3.05) is 13.1 Å². The molecule has 0 aliphatic carbocycles. The zero-order valence-corrected chi connectivity index (χ0v) is 13.6. The minimum atomic E-state index is -3.75. The standard InChI is InChI=1S/C13H20N2O3S2/c1-8(2)10-4-5-15(7-10)13(16)11-6-12(9(3)19-11)20(14,17)18/h6,8,10H,4-5,7H2,1-3H3,(H2,14,17,18). The number of hydrogen-bond acceptors (Lipinski definition) is 4. The normalized spacial score (nSPS) is 19.9. The lowest BCUT2D eigenvalue weighted by atomic mass is 9.95. The second-order valence-corrected chi connectivity index (χ2v) is 8.41. The van der Waals surface area contributed by atoms with Gasteiger partial charge in [-0.25, -0.2) is 13.6 Å². The smallest absolute Gasteiger partial charge is 0.263 e. The molecule has 1 amide bonds. The number of amides is 1. The van der Waals surface area contributed by atoms with Crippen LogP contribution in [0.2, 0.25) is 0 Å². The first-order chi connectivity index (χ1) is 9.20. The van der Waals surface area contributed by atoms with Gasteiger partial charge in [-0.3, -0.25) is 4.79 Å². The predicted octanol–water partition coefficient (Wildman–Crippen LogP) is 1.82. The molecule has 1 aromatic heterocycles. The Morgan fingerprint density at radius 3 is 2.60 bits per heavy atom. The third-order valence-electron chi connectivity index (χ3n) is 3.84. The quantitative estimate of drug-likeness (QED) is 0.923. The number of likely N-dealkylation sites (tertiary alicyclic amines) is 1. The van der Waals surface area contributed by atoms with Gasteiger partial charge in [-0.2, -0.15) is 0 Å². The van der Waals surface area contributed by atoms with Crippen LogP contribution in [0.1, 0.15) is 34.8 Å². The highest BCUT2D eigenvalue weighted by Crippen LogP contribution is 2.29. The van der Waals surface area contributed by atoms with E-state index in [0.717, 1.165) is 19.5 Å². The zero-order valence-electron chi connectivity index (χ0n) is 11.9. The van der Waals surface area contributed by atoms with Crippen molar-refractivity contribution in [1.29, 1.82) is 0 Å². The molecule has 1 fully saturated rings. The zero-order chi connectivity index (χ0) is 15.1. The number of nitrogens with two attached hydrogens (primary N) is 1. The number of nitrogens with zero attached hydrogens (tertiary/aromatic N) is 1. The average Bonchev–Trinajstić information content (AvgIpc) is 2.93. The lowest BCUT2D eigenvalue weighted by molar-refractivity contribution is 0.0788. The van der Waals surface area contributed by atoms with Gasteiger partial charge in [-0.1, -0.05) is 13.8 Å². The van der Waals surface area contributed by atoms with E-state index in [9.17, 15) is 13.2 Å². The number of thiophene rings is 1. The fraction of sp³-hybridized carbons (Fsp3) is 0.615. The molecule has 0 radical (unpaired) electrons. The largest absolute Gasteiger partial charge is 0.338 e. The van der Waals surface area contributed by atoms with Crippen molar-refractivity contribution < 1.29 is 13.2 Å². The minimum Gasteiger partial charge on any atom is -0.338 e. The molecule has 1 aromatic rings. The van der Waals surface area contributed by atoms with Gasteiger partial charge >= 0.3 is 0 Å². The average molecular weight is 316 g/mol. The van der Waals surface area contributed by atoms with E-state index < -0.39 is 10.0 Å². The number of carbonyl (C=O) groups excluding carboxylic acids is 1. The Balaban J connectivity index is 2.19. The Labute approximate surface area is 123 Å². The van der Waals surface area contributed by atoms with E-state index >= 15 is 0 Å². The van der Waals surface area contributed by atoms with E-state index in [4.69, 9.17) is 5.14 Å². The molecule has 1 aliphatic rings. The van der Waals surface area contributed by atoms with Crippen LogP contribution in [0.25, 0.3) is 0 Å². The summed E-state index contributed by atoms with van der Waals surface area (Å²) in [5, 5.41) is 5.14. The highest BCUT2D eigenvalue weighted by atomic mass is 32.2. The lowest BCUT2D eigenvalue weighted by Gasteiger charge is -2.17. The molecule has 0 aromatic carbocycles. The van der Waals surface area contributed by atoms with Gasteiger partial charge in [0, 0.05) is 18.0 Å². The van der Waals surface area contributed by atoms with Gasteiger partial charge in [0.25, 0.3) is 5.91 Å². The van der Waals surface area contributed by atoms with E-state index in [0.29, 0.717) is 21.6 Å². The van der Waals surface area contributed by atoms with Crippen LogP contribution >= 0.6 is 11.3 Å². The summed E-state index contributed by atoms with van der Waals surface area (Å²) in [7, 11) is -3.75. The van der Waals surface area contributed by atoms with Crippen LogP contribution in [0.4, 0.5) is 0 Å². The molecular formula is C13H20N2O3S2. The summed E-state index contributed by atoms with van der Waals surface area (Å²) in [6.45, 7) is 7.48. The van der Waals surface area contributed by atoms with Crippen LogP contribution in [-0.4, -0.2) is 32.3 Å². The first-order valence-electron chi connectivity index (χ1n) is 6.62. The fourth-order valence-electron chi connectivity index (χ4n) is 2.53. The van der Waals surface area contributed by atoms with Crippen LogP contribution < -0.4 is 5.14 Å². The van der Waals surface area contributed by atoms with Crippen molar-refractivity contribution >= 4 is 27.3 Å². The molecule has 1 atom stereocenters. The molecule has 1 aliphatic heterocycles. The van der Waals surface area contributed by atoms with Gasteiger partial charge in [0.1, 0.15) is 0 Å². The fourth-order valence-corrected chi connectivity index (χ4v) is 4.64. The molecule has 112 valence electrons. The molecule has 2 heterocycles. The van der Waals surface area contributed by atoms with E-state index in [1.54, 1.807) is 6.92 Å². The third-order valence-corrected chi connectivity index (χ3v) is 6.05. The van der Waals surface area contributed by atoms with Gasteiger partial charge in [0.2, 0.25) is 10.0 Å². The Morgan fingerprint density at radius 1 is 1.50 bits per heavy atom. The molecule has 2 N–H and O–H groups in total. The van der Waals surface area contributed by atoms with Crippen molar-refractivity contribution in [3.63, 3.8) is 0 Å². The van der Waals surface area contributed by atoms with E-state index in [-0.39, 0.29) is 10.8 Å². The summed E-state index contributed by atoms with van der Waals surface area (Å²) in [6, 6.07) is 1.40. The van der Waals surface area contributed by atoms with Crippen LogP contribution in [0.15, 0.2) is 11.0 Å². The molecular weight excluding hydrogens is 296 g/mol. The highest BCUT2D eigenvalue weighted by Gasteiger charge is 2.30. The topological polar surface area (TPSA) is 80.5 Å². The molecule has 0 bridgehead atoms. The maximum Gasteiger partial charge on any atom is 0.263 e.